The summed E-state index contributed by atoms with van der Waals surface area (Å²) in [5, 5.41) is 32.3. The van der Waals surface area contributed by atoms with Crippen LogP contribution in [-0.4, -0.2) is 40.5 Å². The molecule has 29 heavy (non-hydrogen) atoms. The number of H-pyrrole nitrogens is 1. The van der Waals surface area contributed by atoms with Gasteiger partial charge < -0.3 is 10.1 Å². The number of hydrogen-bond acceptors (Lipinski definition) is 7. The van der Waals surface area contributed by atoms with Gasteiger partial charge in [-0.25, -0.2) is 9.67 Å². The average Bonchev–Trinajstić information content (AvgIpc) is 3.36. The van der Waals surface area contributed by atoms with Crippen molar-refractivity contribution in [3.05, 3.63) is 71.7 Å². The maximum Gasteiger partial charge on any atom is 0.210 e. The molecule has 0 aliphatic rings. The van der Waals surface area contributed by atoms with Gasteiger partial charge in [0.15, 0.2) is 5.82 Å². The number of aliphatic hydroxyl groups excluding tert-OH is 1. The molecule has 2 aromatic heterocycles. The van der Waals surface area contributed by atoms with E-state index in [9.17, 15) is 10.4 Å². The molecule has 0 bridgehead atoms. The van der Waals surface area contributed by atoms with E-state index < -0.39 is 5.25 Å². The number of aliphatic hydroxyl groups is 1. The van der Waals surface area contributed by atoms with Crippen molar-refractivity contribution in [2.75, 3.05) is 0 Å². The lowest BCUT2D eigenvalue weighted by Crippen LogP contribution is -2.09. The molecule has 4 aromatic rings. The molecule has 0 saturated carbocycles. The fraction of sp³-hybridized carbons (Fsp3) is 0.150. The van der Waals surface area contributed by atoms with Crippen molar-refractivity contribution in [3.63, 3.8) is 0 Å². The lowest BCUT2D eigenvalue weighted by atomic mass is 10.2. The van der Waals surface area contributed by atoms with Crippen molar-refractivity contribution in [1.29, 1.82) is 5.26 Å². The van der Waals surface area contributed by atoms with Gasteiger partial charge in [0.05, 0.1) is 22.8 Å². The monoisotopic (exact) mass is 403 g/mol. The second kappa shape index (κ2) is 8.16. The first-order valence-corrected chi connectivity index (χ1v) is 9.78. The number of imidazole rings is 1. The SMILES string of the molecule is CC(Sc1nnnn1Cc1ccccc1)/C(O)=C(\C#N)c1nc2ccccc2[nH]1. The number of nitrogens with zero attached hydrogens (tertiary/aromatic N) is 6. The molecule has 144 valence electrons. The largest absolute Gasteiger partial charge is 0.510 e. The quantitative estimate of drug-likeness (QED) is 0.287. The third-order valence-electron chi connectivity index (χ3n) is 4.34. The molecule has 0 saturated heterocycles. The Hall–Kier alpha value is -3.64. The number of nitriles is 1. The molecule has 0 aliphatic heterocycles. The first kappa shape index (κ1) is 18.7. The van der Waals surface area contributed by atoms with Crippen LogP contribution in [0.1, 0.15) is 18.3 Å². The van der Waals surface area contributed by atoms with Crippen LogP contribution < -0.4 is 0 Å². The molecule has 4 rings (SSSR count). The van der Waals surface area contributed by atoms with Crippen molar-refractivity contribution in [2.45, 2.75) is 23.9 Å². The highest BCUT2D eigenvalue weighted by Gasteiger charge is 2.21. The van der Waals surface area contributed by atoms with Crippen LogP contribution in [0, 0.1) is 11.3 Å². The van der Waals surface area contributed by atoms with E-state index in [0.29, 0.717) is 17.5 Å². The summed E-state index contributed by atoms with van der Waals surface area (Å²) in [5.41, 5.74) is 2.70. The Morgan fingerprint density at radius 3 is 2.72 bits per heavy atom. The molecular formula is C20H17N7OS. The molecule has 9 heteroatoms. The minimum absolute atomic E-state index is 0.0779. The Morgan fingerprint density at radius 1 is 1.21 bits per heavy atom. The van der Waals surface area contributed by atoms with E-state index in [-0.39, 0.29) is 11.3 Å². The second-order valence-electron chi connectivity index (χ2n) is 6.34. The van der Waals surface area contributed by atoms with E-state index in [2.05, 4.69) is 31.6 Å². The summed E-state index contributed by atoms with van der Waals surface area (Å²) in [6.45, 7) is 2.31. The van der Waals surface area contributed by atoms with Crippen molar-refractivity contribution in [3.8, 4) is 6.07 Å². The first-order chi connectivity index (χ1) is 14.2. The van der Waals surface area contributed by atoms with E-state index in [1.165, 1.54) is 11.8 Å². The van der Waals surface area contributed by atoms with Gasteiger partial charge in [-0.3, -0.25) is 0 Å². The van der Waals surface area contributed by atoms with Crippen LogP contribution in [0.2, 0.25) is 0 Å². The van der Waals surface area contributed by atoms with Gasteiger partial charge in [-0.05, 0) is 35.0 Å². The van der Waals surface area contributed by atoms with Crippen LogP contribution in [0.4, 0.5) is 0 Å². The predicted octanol–water partition coefficient (Wildman–Crippen LogP) is 3.57. The molecule has 2 N–H and O–H groups in total. The molecule has 2 heterocycles. The molecular weight excluding hydrogens is 386 g/mol. The standard InChI is InChI=1S/C20H17N7OS/c1-13(29-20-24-25-26-27(20)12-14-7-3-2-4-8-14)18(28)15(11-21)19-22-16-9-5-6-10-17(16)23-19/h2-10,13,28H,12H2,1H3,(H,22,23)/b18-15-. The third kappa shape index (κ3) is 3.97. The summed E-state index contributed by atoms with van der Waals surface area (Å²) in [7, 11) is 0. The van der Waals surface area contributed by atoms with Gasteiger partial charge in [-0.1, -0.05) is 54.2 Å². The Bertz CT molecular complexity index is 1170. The molecule has 0 radical (unpaired) electrons. The summed E-state index contributed by atoms with van der Waals surface area (Å²) in [6, 6.07) is 19.4. The first-order valence-electron chi connectivity index (χ1n) is 8.91. The highest BCUT2D eigenvalue weighted by Crippen LogP contribution is 2.29. The number of thioether (sulfide) groups is 1. The van der Waals surface area contributed by atoms with Crippen molar-refractivity contribution < 1.29 is 5.11 Å². The fourth-order valence-corrected chi connectivity index (χ4v) is 3.71. The topological polar surface area (TPSA) is 116 Å². The molecule has 0 aliphatic carbocycles. The Labute approximate surface area is 170 Å². The number of benzene rings is 2. The lowest BCUT2D eigenvalue weighted by Gasteiger charge is -2.11. The normalized spacial score (nSPS) is 13.1. The van der Waals surface area contributed by atoms with Crippen LogP contribution in [-0.2, 0) is 6.54 Å². The van der Waals surface area contributed by atoms with Gasteiger partial charge in [0.25, 0.3) is 0 Å². The molecule has 1 atom stereocenters. The highest BCUT2D eigenvalue weighted by molar-refractivity contribution is 7.99. The van der Waals surface area contributed by atoms with E-state index in [1.807, 2.05) is 54.6 Å². The molecule has 0 fully saturated rings. The Morgan fingerprint density at radius 2 is 1.97 bits per heavy atom. The van der Waals surface area contributed by atoms with Crippen molar-refractivity contribution in [2.24, 2.45) is 0 Å². The number of aromatic nitrogens is 6. The Kier molecular flexibility index (Phi) is 5.27. The van der Waals surface area contributed by atoms with Gasteiger partial charge in [0.1, 0.15) is 17.4 Å². The van der Waals surface area contributed by atoms with Crippen LogP contribution in [0.3, 0.4) is 0 Å². The maximum atomic E-state index is 10.7. The molecule has 0 amide bonds. The molecule has 0 spiro atoms. The second-order valence-corrected chi connectivity index (χ2v) is 7.65. The van der Waals surface area contributed by atoms with Crippen molar-refractivity contribution in [1.82, 2.24) is 30.2 Å². The summed E-state index contributed by atoms with van der Waals surface area (Å²) in [4.78, 5) is 7.49. The summed E-state index contributed by atoms with van der Waals surface area (Å²) in [6.07, 6.45) is 0. The number of allylic oxidation sites excluding steroid dienone is 1. The molecule has 8 nitrogen and oxygen atoms in total. The lowest BCUT2D eigenvalue weighted by molar-refractivity contribution is 0.401. The average molecular weight is 403 g/mol. The predicted molar refractivity (Wildman–Crippen MR) is 110 cm³/mol. The maximum absolute atomic E-state index is 10.7. The number of rotatable bonds is 6. The molecule has 2 aromatic carbocycles. The zero-order valence-electron chi connectivity index (χ0n) is 15.5. The smallest absolute Gasteiger partial charge is 0.210 e. The Balaban J connectivity index is 1.58. The van der Waals surface area contributed by atoms with Gasteiger partial charge in [0, 0.05) is 0 Å². The van der Waals surface area contributed by atoms with Crippen LogP contribution in [0.25, 0.3) is 16.6 Å². The zero-order chi connectivity index (χ0) is 20.2. The van der Waals surface area contributed by atoms with Gasteiger partial charge in [0.2, 0.25) is 5.16 Å². The van der Waals surface area contributed by atoms with Gasteiger partial charge in [-0.15, -0.1) is 5.10 Å². The number of nitrogens with one attached hydrogen (secondary N) is 1. The van der Waals surface area contributed by atoms with E-state index in [1.54, 1.807) is 11.6 Å². The van der Waals surface area contributed by atoms with Crippen molar-refractivity contribution >= 4 is 28.4 Å². The number of fused-ring (bicyclic) bond motifs is 1. The van der Waals surface area contributed by atoms with Gasteiger partial charge in [-0.2, -0.15) is 5.26 Å². The molecule has 1 unspecified atom stereocenters. The summed E-state index contributed by atoms with van der Waals surface area (Å²) in [5.74, 6) is 0.258. The third-order valence-corrected chi connectivity index (χ3v) is 5.42. The van der Waals surface area contributed by atoms with Crippen LogP contribution >= 0.6 is 11.8 Å². The fourth-order valence-electron chi connectivity index (χ4n) is 2.86. The summed E-state index contributed by atoms with van der Waals surface area (Å²) >= 11 is 1.28. The minimum atomic E-state index is -0.446. The van der Waals surface area contributed by atoms with E-state index in [4.69, 9.17) is 0 Å². The van der Waals surface area contributed by atoms with E-state index >= 15 is 0 Å². The number of aromatic amines is 1. The zero-order valence-corrected chi connectivity index (χ0v) is 16.3. The number of hydrogen-bond donors (Lipinski definition) is 2. The van der Waals surface area contributed by atoms with E-state index in [0.717, 1.165) is 16.6 Å². The number of tetrazole rings is 1. The van der Waals surface area contributed by atoms with Crippen LogP contribution in [0.15, 0.2) is 65.5 Å². The highest BCUT2D eigenvalue weighted by atomic mass is 32.2. The van der Waals surface area contributed by atoms with Gasteiger partial charge >= 0.3 is 0 Å². The summed E-state index contributed by atoms with van der Waals surface area (Å²) < 4.78 is 1.66. The van der Waals surface area contributed by atoms with Crippen LogP contribution in [0.5, 0.6) is 0 Å². The number of para-hydroxylation sites is 2. The minimum Gasteiger partial charge on any atom is -0.510 e.